The number of imidazole rings is 1. The minimum atomic E-state index is -0.0779. The van der Waals surface area contributed by atoms with Gasteiger partial charge < -0.3 is 4.42 Å². The lowest BCUT2D eigenvalue weighted by atomic mass is 9.82. The van der Waals surface area contributed by atoms with E-state index in [1.54, 1.807) is 0 Å². The van der Waals surface area contributed by atoms with E-state index in [2.05, 4.69) is 186 Å². The molecule has 4 heteroatoms. The molecule has 0 saturated heterocycles. The van der Waals surface area contributed by atoms with Crippen LogP contribution < -0.4 is 0 Å². The van der Waals surface area contributed by atoms with Gasteiger partial charge in [0.05, 0.1) is 28.0 Å². The number of para-hydroxylation sites is 2. The molecule has 0 N–H and O–H groups in total. The number of rotatable bonds is 5. The SMILES string of the molecule is Cc1cccc(C)c1-c1ccc2c(n1)oc1c(-c3nc4ccccc4n3-c3c(-c4ccccc4)cc(C(C)(C)C)cc3-c3ccccc3)ccc(C)c12. The van der Waals surface area contributed by atoms with Crippen molar-refractivity contribution in [2.75, 3.05) is 0 Å². The third kappa shape index (κ3) is 5.45. The lowest BCUT2D eigenvalue weighted by Crippen LogP contribution is -2.13. The van der Waals surface area contributed by atoms with Gasteiger partial charge in [-0.1, -0.05) is 118 Å². The van der Waals surface area contributed by atoms with Crippen molar-refractivity contribution in [2.24, 2.45) is 0 Å². The Morgan fingerprint density at radius 3 is 1.83 bits per heavy atom. The van der Waals surface area contributed by atoms with Crippen molar-refractivity contribution in [2.45, 2.75) is 47.0 Å². The first kappa shape index (κ1) is 32.6. The van der Waals surface area contributed by atoms with Gasteiger partial charge in [0.15, 0.2) is 0 Å². The molecule has 0 aliphatic heterocycles. The second-order valence-corrected chi connectivity index (χ2v) is 15.2. The maximum Gasteiger partial charge on any atom is 0.227 e. The normalized spacial score (nSPS) is 12.0. The van der Waals surface area contributed by atoms with Crippen molar-refractivity contribution in [1.29, 1.82) is 0 Å². The third-order valence-electron chi connectivity index (χ3n) is 10.6. The number of fused-ring (bicyclic) bond motifs is 4. The Labute approximate surface area is 310 Å². The van der Waals surface area contributed by atoms with Crippen LogP contribution in [0.1, 0.15) is 43.0 Å². The Balaban J connectivity index is 1.39. The van der Waals surface area contributed by atoms with Crippen molar-refractivity contribution in [1.82, 2.24) is 14.5 Å². The summed E-state index contributed by atoms with van der Waals surface area (Å²) in [5, 5.41) is 2.06. The highest BCUT2D eigenvalue weighted by Crippen LogP contribution is 2.45. The van der Waals surface area contributed by atoms with Crippen LogP contribution in [-0.2, 0) is 5.41 Å². The molecular weight excluding hydrogens is 647 g/mol. The minimum Gasteiger partial charge on any atom is -0.437 e. The summed E-state index contributed by atoms with van der Waals surface area (Å²) in [5.41, 5.74) is 16.7. The molecule has 4 nitrogen and oxygen atoms in total. The molecule has 3 aromatic heterocycles. The van der Waals surface area contributed by atoms with Gasteiger partial charge in [-0.25, -0.2) is 9.97 Å². The van der Waals surface area contributed by atoms with Crippen LogP contribution in [0.5, 0.6) is 0 Å². The third-order valence-corrected chi connectivity index (χ3v) is 10.6. The summed E-state index contributed by atoms with van der Waals surface area (Å²) in [7, 11) is 0. The molecule has 0 aliphatic rings. The summed E-state index contributed by atoms with van der Waals surface area (Å²) in [6.07, 6.45) is 0. The van der Waals surface area contributed by atoms with Crippen molar-refractivity contribution in [3.05, 3.63) is 162 Å². The highest BCUT2D eigenvalue weighted by molar-refractivity contribution is 6.11. The van der Waals surface area contributed by atoms with Gasteiger partial charge in [0.1, 0.15) is 11.4 Å². The van der Waals surface area contributed by atoms with E-state index in [4.69, 9.17) is 14.4 Å². The second kappa shape index (κ2) is 12.5. The van der Waals surface area contributed by atoms with Crippen molar-refractivity contribution < 1.29 is 4.42 Å². The van der Waals surface area contributed by atoms with Gasteiger partial charge in [0, 0.05) is 27.5 Å². The highest BCUT2D eigenvalue weighted by Gasteiger charge is 2.27. The summed E-state index contributed by atoms with van der Waals surface area (Å²) in [4.78, 5) is 10.6. The van der Waals surface area contributed by atoms with E-state index in [-0.39, 0.29) is 5.41 Å². The zero-order chi connectivity index (χ0) is 36.4. The summed E-state index contributed by atoms with van der Waals surface area (Å²) < 4.78 is 9.24. The number of pyridine rings is 1. The molecule has 0 fully saturated rings. The first-order valence-corrected chi connectivity index (χ1v) is 18.3. The van der Waals surface area contributed by atoms with E-state index >= 15 is 0 Å². The molecule has 0 bridgehead atoms. The van der Waals surface area contributed by atoms with Crippen LogP contribution in [0.4, 0.5) is 0 Å². The van der Waals surface area contributed by atoms with Gasteiger partial charge in [-0.2, -0.15) is 0 Å². The van der Waals surface area contributed by atoms with Crippen LogP contribution in [0, 0.1) is 20.8 Å². The summed E-state index contributed by atoms with van der Waals surface area (Å²) in [6, 6.07) is 49.7. The van der Waals surface area contributed by atoms with E-state index in [0.29, 0.717) is 5.71 Å². The van der Waals surface area contributed by atoms with Gasteiger partial charge in [0.25, 0.3) is 0 Å². The van der Waals surface area contributed by atoms with Crippen LogP contribution >= 0.6 is 0 Å². The molecule has 0 atom stereocenters. The van der Waals surface area contributed by atoms with E-state index < -0.39 is 0 Å². The molecule has 3 heterocycles. The molecular formula is C49H41N3O. The quantitative estimate of drug-likeness (QED) is 0.181. The molecule has 0 spiro atoms. The average molecular weight is 688 g/mol. The summed E-state index contributed by atoms with van der Waals surface area (Å²) in [5.74, 6) is 0.822. The molecule has 9 rings (SSSR count). The molecule has 6 aromatic carbocycles. The number of nitrogens with zero attached hydrogens (tertiary/aromatic N) is 3. The predicted octanol–water partition coefficient (Wildman–Crippen LogP) is 13.2. The maximum absolute atomic E-state index is 6.88. The first-order valence-electron chi connectivity index (χ1n) is 18.3. The number of hydrogen-bond donors (Lipinski definition) is 0. The number of hydrogen-bond acceptors (Lipinski definition) is 3. The van der Waals surface area contributed by atoms with E-state index in [1.807, 2.05) is 0 Å². The molecule has 258 valence electrons. The molecule has 0 radical (unpaired) electrons. The molecule has 0 amide bonds. The van der Waals surface area contributed by atoms with Crippen LogP contribution in [0.2, 0.25) is 0 Å². The molecule has 0 aliphatic carbocycles. The number of benzene rings is 6. The van der Waals surface area contributed by atoms with Gasteiger partial charge in [0.2, 0.25) is 5.71 Å². The Morgan fingerprint density at radius 1 is 0.566 bits per heavy atom. The highest BCUT2D eigenvalue weighted by atomic mass is 16.3. The molecule has 53 heavy (non-hydrogen) atoms. The van der Waals surface area contributed by atoms with Crippen molar-refractivity contribution in [3.63, 3.8) is 0 Å². The largest absolute Gasteiger partial charge is 0.437 e. The zero-order valence-electron chi connectivity index (χ0n) is 31.0. The van der Waals surface area contributed by atoms with Gasteiger partial charge in [-0.3, -0.25) is 4.57 Å². The Kier molecular flexibility index (Phi) is 7.67. The number of aromatic nitrogens is 3. The van der Waals surface area contributed by atoms with Gasteiger partial charge in [-0.05, 0) is 102 Å². The minimum absolute atomic E-state index is 0.0779. The topological polar surface area (TPSA) is 43.9 Å². The average Bonchev–Trinajstić information content (AvgIpc) is 3.74. The standard InChI is InChI=1S/C49H41N3O/c1-30-16-15-17-31(2)43(30)41-27-26-36-44-32(3)24-25-37(46(44)53-48(36)51-41)47-50-40-22-13-14-23-42(40)52(47)45-38(33-18-9-7-10-19-33)28-35(49(4,5)6)29-39(45)34-20-11-8-12-21-34/h7-29H,1-6H3. The summed E-state index contributed by atoms with van der Waals surface area (Å²) in [6.45, 7) is 13.3. The zero-order valence-corrected chi connectivity index (χ0v) is 31.0. The second-order valence-electron chi connectivity index (χ2n) is 15.2. The maximum atomic E-state index is 6.88. The fraction of sp³-hybridized carbons (Fsp3) is 0.143. The first-order chi connectivity index (χ1) is 25.7. The smallest absolute Gasteiger partial charge is 0.227 e. The van der Waals surface area contributed by atoms with Crippen molar-refractivity contribution in [3.8, 4) is 50.6 Å². The van der Waals surface area contributed by atoms with E-state index in [9.17, 15) is 0 Å². The Hall–Kier alpha value is -6.26. The number of aryl methyl sites for hydroxylation is 3. The van der Waals surface area contributed by atoms with E-state index in [1.165, 1.54) is 16.7 Å². The number of furan rings is 1. The Morgan fingerprint density at radius 2 is 1.19 bits per heavy atom. The predicted molar refractivity (Wildman–Crippen MR) is 221 cm³/mol. The monoisotopic (exact) mass is 687 g/mol. The van der Waals surface area contributed by atoms with Gasteiger partial charge >= 0.3 is 0 Å². The van der Waals surface area contributed by atoms with Crippen LogP contribution in [-0.4, -0.2) is 14.5 Å². The lowest BCUT2D eigenvalue weighted by Gasteiger charge is -2.26. The molecule has 9 aromatic rings. The fourth-order valence-electron chi connectivity index (χ4n) is 7.88. The Bertz CT molecular complexity index is 2750. The summed E-state index contributed by atoms with van der Waals surface area (Å²) >= 11 is 0. The van der Waals surface area contributed by atoms with Gasteiger partial charge in [-0.15, -0.1) is 0 Å². The van der Waals surface area contributed by atoms with E-state index in [0.717, 1.165) is 83.5 Å². The van der Waals surface area contributed by atoms with Crippen LogP contribution in [0.3, 0.4) is 0 Å². The van der Waals surface area contributed by atoms with Crippen LogP contribution in [0.25, 0.3) is 83.7 Å². The fourth-order valence-corrected chi connectivity index (χ4v) is 7.88. The lowest BCUT2D eigenvalue weighted by molar-refractivity contribution is 0.590. The molecule has 0 unspecified atom stereocenters. The molecule has 0 saturated carbocycles. The van der Waals surface area contributed by atoms with Crippen molar-refractivity contribution >= 4 is 33.1 Å². The van der Waals surface area contributed by atoms with Crippen LogP contribution in [0.15, 0.2) is 144 Å².